The van der Waals surface area contributed by atoms with Gasteiger partial charge in [-0.2, -0.15) is 0 Å². The summed E-state index contributed by atoms with van der Waals surface area (Å²) in [5.74, 6) is 1.34. The van der Waals surface area contributed by atoms with Gasteiger partial charge in [0.25, 0.3) is 0 Å². The fraction of sp³-hybridized carbons (Fsp3) is 0.722. The highest BCUT2D eigenvalue weighted by Crippen LogP contribution is 2.17. The molecule has 0 aliphatic carbocycles. The Hall–Kier alpha value is -1.33. The Morgan fingerprint density at radius 3 is 2.57 bits per heavy atom. The Kier molecular flexibility index (Phi) is 7.62. The molecule has 0 atom stereocenters. The van der Waals surface area contributed by atoms with E-state index < -0.39 is 0 Å². The van der Waals surface area contributed by atoms with Gasteiger partial charge in [-0.3, -0.25) is 4.90 Å². The van der Waals surface area contributed by atoms with Crippen molar-refractivity contribution in [1.29, 1.82) is 0 Å². The number of nitrogens with two attached hydrogens (primary N) is 1. The van der Waals surface area contributed by atoms with Crippen LogP contribution in [0.25, 0.3) is 0 Å². The first-order valence-electron chi connectivity index (χ1n) is 8.97. The molecule has 2 fully saturated rings. The van der Waals surface area contributed by atoms with Crippen molar-refractivity contribution in [2.24, 2.45) is 10.7 Å². The maximum absolute atomic E-state index is 5.71. The minimum absolute atomic E-state index is 0.381. The van der Waals surface area contributed by atoms with Gasteiger partial charge in [-0.05, 0) is 25.3 Å². The molecule has 0 aromatic heterocycles. The number of piperazine rings is 1. The number of nitrogens with zero attached hydrogens (tertiary/aromatic N) is 3. The molecule has 5 heteroatoms. The molecule has 2 aliphatic heterocycles. The summed E-state index contributed by atoms with van der Waals surface area (Å²) in [4.78, 5) is 9.37. The van der Waals surface area contributed by atoms with Crippen molar-refractivity contribution >= 4 is 5.84 Å². The summed E-state index contributed by atoms with van der Waals surface area (Å²) < 4.78 is 5.47. The van der Waals surface area contributed by atoms with E-state index in [1.807, 2.05) is 0 Å². The molecule has 0 saturated carbocycles. The Morgan fingerprint density at radius 2 is 1.96 bits per heavy atom. The average Bonchev–Trinajstić information content (AvgIpc) is 2.58. The Morgan fingerprint density at radius 1 is 1.26 bits per heavy atom. The molecule has 5 nitrogen and oxygen atoms in total. The van der Waals surface area contributed by atoms with Crippen LogP contribution in [0.5, 0.6) is 0 Å². The molecule has 2 heterocycles. The van der Waals surface area contributed by atoms with E-state index in [1.165, 1.54) is 12.8 Å². The van der Waals surface area contributed by atoms with Crippen LogP contribution in [0.15, 0.2) is 29.5 Å². The topological polar surface area (TPSA) is 54.1 Å². The molecule has 0 radical (unpaired) electrons. The molecular weight excluding hydrogens is 288 g/mol. The fourth-order valence-electron chi connectivity index (χ4n) is 3.24. The standard InChI is InChI=1S/C18H32N4O/c1-3-4-5-6-7-18(20-16(2)19)22-12-10-21(11-13-22)17-8-14-23-15-9-17/h6-7,17H,2-5,8-15,19H2,1H3/b7-6-,20-18+. The first-order valence-corrected chi connectivity index (χ1v) is 8.97. The van der Waals surface area contributed by atoms with Crippen molar-refractivity contribution < 1.29 is 4.74 Å². The van der Waals surface area contributed by atoms with E-state index in [2.05, 4.69) is 40.4 Å². The highest BCUT2D eigenvalue weighted by atomic mass is 16.5. The van der Waals surface area contributed by atoms with Crippen molar-refractivity contribution in [2.45, 2.75) is 45.1 Å². The van der Waals surface area contributed by atoms with Gasteiger partial charge in [0.05, 0.1) is 0 Å². The third-order valence-corrected chi connectivity index (χ3v) is 4.59. The number of hydrogen-bond acceptors (Lipinski definition) is 4. The smallest absolute Gasteiger partial charge is 0.130 e. The summed E-state index contributed by atoms with van der Waals surface area (Å²) in [6.07, 6.45) is 10.2. The van der Waals surface area contributed by atoms with Crippen LogP contribution in [-0.4, -0.2) is 61.1 Å². The SMILES string of the molecule is C=C(N)/N=C(\C=C/CCCC)N1CCN(C2CCOCC2)CC1. The molecule has 0 amide bonds. The average molecular weight is 320 g/mol. The lowest BCUT2D eigenvalue weighted by atomic mass is 10.1. The van der Waals surface area contributed by atoms with Gasteiger partial charge in [-0.25, -0.2) is 4.99 Å². The fourth-order valence-corrected chi connectivity index (χ4v) is 3.24. The second-order valence-corrected chi connectivity index (χ2v) is 6.37. The first-order chi connectivity index (χ1) is 11.2. The minimum Gasteiger partial charge on any atom is -0.384 e. The minimum atomic E-state index is 0.381. The van der Waals surface area contributed by atoms with E-state index >= 15 is 0 Å². The van der Waals surface area contributed by atoms with Crippen LogP contribution in [0.4, 0.5) is 0 Å². The van der Waals surface area contributed by atoms with Gasteiger partial charge in [0.1, 0.15) is 11.7 Å². The van der Waals surface area contributed by atoms with Crippen LogP contribution in [0.1, 0.15) is 39.0 Å². The van der Waals surface area contributed by atoms with Gasteiger partial charge in [0.15, 0.2) is 0 Å². The normalized spacial score (nSPS) is 22.0. The van der Waals surface area contributed by atoms with Crippen LogP contribution in [0.3, 0.4) is 0 Å². The Bertz CT molecular complexity index is 419. The number of aliphatic imine (C=N–C) groups is 1. The van der Waals surface area contributed by atoms with Crippen LogP contribution >= 0.6 is 0 Å². The summed E-state index contributed by atoms with van der Waals surface area (Å²) in [5.41, 5.74) is 5.71. The largest absolute Gasteiger partial charge is 0.384 e. The van der Waals surface area contributed by atoms with Crippen molar-refractivity contribution in [2.75, 3.05) is 39.4 Å². The predicted octanol–water partition coefficient (Wildman–Crippen LogP) is 2.36. The summed E-state index contributed by atoms with van der Waals surface area (Å²) in [6, 6.07) is 0.691. The van der Waals surface area contributed by atoms with E-state index in [1.54, 1.807) is 0 Å². The maximum atomic E-state index is 5.71. The van der Waals surface area contributed by atoms with Gasteiger partial charge in [0, 0.05) is 45.4 Å². The lowest BCUT2D eigenvalue weighted by molar-refractivity contribution is 0.0219. The number of rotatable bonds is 6. The van der Waals surface area contributed by atoms with Gasteiger partial charge in [-0.15, -0.1) is 0 Å². The third kappa shape index (κ3) is 5.99. The number of allylic oxidation sites excluding steroid dienone is 1. The highest BCUT2D eigenvalue weighted by molar-refractivity contribution is 5.93. The summed E-state index contributed by atoms with van der Waals surface area (Å²) in [7, 11) is 0. The second-order valence-electron chi connectivity index (χ2n) is 6.37. The van der Waals surface area contributed by atoms with E-state index in [0.29, 0.717) is 11.9 Å². The molecule has 2 N–H and O–H groups in total. The summed E-state index contributed by atoms with van der Waals surface area (Å²) in [5, 5.41) is 0. The number of hydrogen-bond donors (Lipinski definition) is 1. The lowest BCUT2D eigenvalue weighted by Crippen LogP contribution is -2.52. The van der Waals surface area contributed by atoms with Crippen molar-refractivity contribution in [3.05, 3.63) is 24.6 Å². The van der Waals surface area contributed by atoms with E-state index in [0.717, 1.165) is 64.5 Å². The van der Waals surface area contributed by atoms with Crippen molar-refractivity contribution in [3.8, 4) is 0 Å². The monoisotopic (exact) mass is 320 g/mol. The van der Waals surface area contributed by atoms with Crippen molar-refractivity contribution in [3.63, 3.8) is 0 Å². The Balaban J connectivity index is 1.88. The Labute approximate surface area is 140 Å². The van der Waals surface area contributed by atoms with E-state index in [4.69, 9.17) is 10.5 Å². The number of ether oxygens (including phenoxy) is 1. The van der Waals surface area contributed by atoms with Gasteiger partial charge < -0.3 is 15.4 Å². The summed E-state index contributed by atoms with van der Waals surface area (Å²) >= 11 is 0. The molecule has 0 bridgehead atoms. The van der Waals surface area contributed by atoms with Gasteiger partial charge in [0.2, 0.25) is 0 Å². The molecule has 0 unspecified atom stereocenters. The molecule has 2 rings (SSSR count). The molecule has 0 spiro atoms. The molecule has 2 aliphatic rings. The quantitative estimate of drug-likeness (QED) is 0.464. The third-order valence-electron chi connectivity index (χ3n) is 4.59. The zero-order chi connectivity index (χ0) is 16.5. The van der Waals surface area contributed by atoms with Gasteiger partial charge >= 0.3 is 0 Å². The molecule has 0 aromatic rings. The first kappa shape index (κ1) is 18.0. The molecular formula is C18H32N4O. The van der Waals surface area contributed by atoms with Crippen LogP contribution in [-0.2, 0) is 4.74 Å². The summed E-state index contributed by atoms with van der Waals surface area (Å²) in [6.45, 7) is 11.9. The van der Waals surface area contributed by atoms with E-state index in [9.17, 15) is 0 Å². The van der Waals surface area contributed by atoms with Gasteiger partial charge in [-0.1, -0.05) is 32.4 Å². The second kappa shape index (κ2) is 9.73. The number of amidine groups is 1. The lowest BCUT2D eigenvalue weighted by Gasteiger charge is -2.41. The predicted molar refractivity (Wildman–Crippen MR) is 96.4 cm³/mol. The molecule has 0 aromatic carbocycles. The van der Waals surface area contributed by atoms with E-state index in [-0.39, 0.29) is 0 Å². The number of unbranched alkanes of at least 4 members (excludes halogenated alkanes) is 2. The van der Waals surface area contributed by atoms with Crippen LogP contribution in [0, 0.1) is 0 Å². The van der Waals surface area contributed by atoms with Crippen LogP contribution < -0.4 is 5.73 Å². The van der Waals surface area contributed by atoms with Crippen LogP contribution in [0.2, 0.25) is 0 Å². The zero-order valence-electron chi connectivity index (χ0n) is 14.5. The molecule has 23 heavy (non-hydrogen) atoms. The van der Waals surface area contributed by atoms with Crippen molar-refractivity contribution in [1.82, 2.24) is 9.80 Å². The maximum Gasteiger partial charge on any atom is 0.130 e. The zero-order valence-corrected chi connectivity index (χ0v) is 14.5. The molecule has 2 saturated heterocycles. The highest BCUT2D eigenvalue weighted by Gasteiger charge is 2.26. The molecule has 130 valence electrons.